The molecule has 2 heterocycles. The molecule has 2 aromatic rings. The number of hydrogen-bond donors (Lipinski definition) is 1. The van der Waals surface area contributed by atoms with Gasteiger partial charge in [0.2, 0.25) is 0 Å². The van der Waals surface area contributed by atoms with Gasteiger partial charge in [0.05, 0.1) is 45.2 Å². The van der Waals surface area contributed by atoms with Gasteiger partial charge >= 0.3 is 17.9 Å². The fourth-order valence-electron chi connectivity index (χ4n) is 7.64. The molecule has 0 saturated carbocycles. The normalized spacial score (nSPS) is 30.8. The predicted molar refractivity (Wildman–Crippen MR) is 189 cm³/mol. The van der Waals surface area contributed by atoms with Crippen molar-refractivity contribution >= 4 is 17.9 Å². The summed E-state index contributed by atoms with van der Waals surface area (Å²) in [6, 6.07) is 19.4. The zero-order valence-electron chi connectivity index (χ0n) is 31.6. The fourth-order valence-corrected chi connectivity index (χ4v) is 7.64. The fraction of sp³-hybridized carbons (Fsp3) is 0.625. The van der Waals surface area contributed by atoms with E-state index >= 15 is 0 Å². The first kappa shape index (κ1) is 41.4. The van der Waals surface area contributed by atoms with Crippen molar-refractivity contribution in [2.45, 2.75) is 104 Å². The van der Waals surface area contributed by atoms with Crippen LogP contribution in [0, 0.1) is 29.6 Å². The van der Waals surface area contributed by atoms with Crippen LogP contribution in [0.1, 0.15) is 59.1 Å². The van der Waals surface area contributed by atoms with Crippen LogP contribution < -0.4 is 0 Å². The Kier molecular flexibility index (Phi) is 15.2. The van der Waals surface area contributed by atoms with Gasteiger partial charge in [0, 0.05) is 38.7 Å². The van der Waals surface area contributed by atoms with Crippen LogP contribution >= 0.6 is 0 Å². The highest BCUT2D eigenvalue weighted by Crippen LogP contribution is 2.48. The highest BCUT2D eigenvalue weighted by Gasteiger charge is 2.62. The quantitative estimate of drug-likeness (QED) is 0.186. The molecule has 0 spiro atoms. The van der Waals surface area contributed by atoms with Crippen molar-refractivity contribution in [3.8, 4) is 0 Å². The minimum atomic E-state index is -1.86. The number of benzene rings is 2. The topological polar surface area (TPSA) is 145 Å². The highest BCUT2D eigenvalue weighted by molar-refractivity contribution is 5.80. The summed E-state index contributed by atoms with van der Waals surface area (Å²) in [6.45, 7) is 10.7. The maximum atomic E-state index is 14.1. The Morgan fingerprint density at radius 1 is 0.904 bits per heavy atom. The standard InChI is InChI=1S/C40H56O12/c1-24-19-40(39(44)46-8,52-35(25(24)2)26(3)32(50-29(6)42)23-48-28(5)41)37(43)34-27(4)38(45-7)51-33(22-47-20-30-15-11-9-12-16-30)36(34)49-21-31-17-13-10-14-18-31/h9-18,24-27,32-38,43H,19-23H2,1-8H3/t24-,25-,26-,27?,32-,33?,34-,35?,36+,37?,38-,40+/m1/s1. The second-order valence-electron chi connectivity index (χ2n) is 14.2. The summed E-state index contributed by atoms with van der Waals surface area (Å²) < 4.78 is 48.2. The van der Waals surface area contributed by atoms with E-state index in [0.717, 1.165) is 11.1 Å². The van der Waals surface area contributed by atoms with Gasteiger partial charge in [-0.25, -0.2) is 4.79 Å². The van der Waals surface area contributed by atoms with Crippen LogP contribution in [0.4, 0.5) is 0 Å². The lowest BCUT2D eigenvalue weighted by Gasteiger charge is -2.54. The van der Waals surface area contributed by atoms with Crippen LogP contribution in [0.3, 0.4) is 0 Å². The lowest BCUT2D eigenvalue weighted by Crippen LogP contribution is -2.68. The van der Waals surface area contributed by atoms with Gasteiger partial charge in [-0.3, -0.25) is 9.59 Å². The minimum Gasteiger partial charge on any atom is -0.467 e. The molecule has 0 radical (unpaired) electrons. The maximum absolute atomic E-state index is 14.1. The molecule has 2 fully saturated rings. The van der Waals surface area contributed by atoms with Crippen molar-refractivity contribution in [1.82, 2.24) is 0 Å². The van der Waals surface area contributed by atoms with Crippen LogP contribution in [0.2, 0.25) is 0 Å². The van der Waals surface area contributed by atoms with Crippen LogP contribution in [0.15, 0.2) is 60.7 Å². The lowest BCUT2D eigenvalue weighted by atomic mass is 9.67. The number of ether oxygens (including phenoxy) is 8. The molecular formula is C40H56O12. The zero-order valence-corrected chi connectivity index (χ0v) is 31.6. The van der Waals surface area contributed by atoms with Crippen LogP contribution in [-0.4, -0.2) is 92.9 Å². The molecule has 2 aliphatic heterocycles. The van der Waals surface area contributed by atoms with Gasteiger partial charge < -0.3 is 43.0 Å². The van der Waals surface area contributed by atoms with Gasteiger partial charge in [-0.1, -0.05) is 88.4 Å². The molecule has 1 N–H and O–H groups in total. The van der Waals surface area contributed by atoms with Crippen molar-refractivity contribution in [1.29, 1.82) is 0 Å². The third-order valence-corrected chi connectivity index (χ3v) is 10.6. The first-order valence-corrected chi connectivity index (χ1v) is 18.0. The van der Waals surface area contributed by atoms with E-state index in [2.05, 4.69) is 0 Å². The Labute approximate surface area is 307 Å². The van der Waals surface area contributed by atoms with Crippen molar-refractivity contribution in [2.75, 3.05) is 27.4 Å². The van der Waals surface area contributed by atoms with Crippen molar-refractivity contribution in [2.24, 2.45) is 29.6 Å². The van der Waals surface area contributed by atoms with Crippen LogP contribution in [-0.2, 0) is 65.5 Å². The van der Waals surface area contributed by atoms with E-state index in [1.165, 1.54) is 28.1 Å². The van der Waals surface area contributed by atoms with E-state index in [1.807, 2.05) is 88.4 Å². The average molecular weight is 729 g/mol. The molecule has 12 heteroatoms. The van der Waals surface area contributed by atoms with Gasteiger partial charge in [-0.15, -0.1) is 0 Å². The molecule has 12 atom stereocenters. The summed E-state index contributed by atoms with van der Waals surface area (Å²) in [7, 11) is 2.79. The summed E-state index contributed by atoms with van der Waals surface area (Å²) in [5.74, 6) is -3.96. The summed E-state index contributed by atoms with van der Waals surface area (Å²) in [4.78, 5) is 38.0. The van der Waals surface area contributed by atoms with Crippen molar-refractivity contribution in [3.05, 3.63) is 71.8 Å². The molecule has 0 aromatic heterocycles. The number of carbonyl (C=O) groups is 3. The summed E-state index contributed by atoms with van der Waals surface area (Å²) in [5, 5.41) is 12.8. The molecule has 2 aliphatic rings. The number of aliphatic hydroxyl groups excluding tert-OH is 1. The number of rotatable bonds is 16. The number of aliphatic hydroxyl groups is 1. The largest absolute Gasteiger partial charge is 0.467 e. The van der Waals surface area contributed by atoms with E-state index < -0.39 is 78.1 Å². The molecule has 0 amide bonds. The molecular weight excluding hydrogens is 672 g/mol. The van der Waals surface area contributed by atoms with Gasteiger partial charge in [0.15, 0.2) is 11.9 Å². The summed E-state index contributed by atoms with van der Waals surface area (Å²) >= 11 is 0. The number of carbonyl (C=O) groups excluding carboxylic acids is 3. The lowest BCUT2D eigenvalue weighted by molar-refractivity contribution is -0.308. The molecule has 0 aliphatic carbocycles. The second kappa shape index (κ2) is 19.1. The Morgan fingerprint density at radius 3 is 2.08 bits per heavy atom. The molecule has 2 saturated heterocycles. The first-order valence-electron chi connectivity index (χ1n) is 18.0. The van der Waals surface area contributed by atoms with Gasteiger partial charge in [-0.2, -0.15) is 0 Å². The third-order valence-electron chi connectivity index (χ3n) is 10.6. The van der Waals surface area contributed by atoms with E-state index in [4.69, 9.17) is 37.9 Å². The van der Waals surface area contributed by atoms with Gasteiger partial charge in [0.25, 0.3) is 0 Å². The second-order valence-corrected chi connectivity index (χ2v) is 14.2. The number of methoxy groups -OCH3 is 2. The van der Waals surface area contributed by atoms with Gasteiger partial charge in [0.1, 0.15) is 18.8 Å². The highest BCUT2D eigenvalue weighted by atomic mass is 16.7. The monoisotopic (exact) mass is 728 g/mol. The van der Waals surface area contributed by atoms with Crippen molar-refractivity contribution < 1.29 is 57.4 Å². The predicted octanol–water partition coefficient (Wildman–Crippen LogP) is 4.88. The van der Waals surface area contributed by atoms with E-state index in [1.54, 1.807) is 0 Å². The van der Waals surface area contributed by atoms with Crippen LogP contribution in [0.5, 0.6) is 0 Å². The Balaban J connectivity index is 1.73. The average Bonchev–Trinajstić information content (AvgIpc) is 3.13. The summed E-state index contributed by atoms with van der Waals surface area (Å²) in [5.41, 5.74) is 0.0382. The molecule has 288 valence electrons. The Hall–Kier alpha value is -3.39. The smallest absolute Gasteiger partial charge is 0.340 e. The molecule has 4 unspecified atom stereocenters. The molecule has 4 rings (SSSR count). The summed E-state index contributed by atoms with van der Waals surface area (Å²) in [6.07, 6.45) is -5.19. The molecule has 52 heavy (non-hydrogen) atoms. The Morgan fingerprint density at radius 2 is 1.52 bits per heavy atom. The van der Waals surface area contributed by atoms with Crippen molar-refractivity contribution in [3.63, 3.8) is 0 Å². The van der Waals surface area contributed by atoms with Gasteiger partial charge in [-0.05, 0) is 29.4 Å². The van der Waals surface area contributed by atoms with E-state index in [-0.39, 0.29) is 38.1 Å². The van der Waals surface area contributed by atoms with E-state index in [9.17, 15) is 19.5 Å². The Bertz CT molecular complexity index is 1420. The number of hydrogen-bond acceptors (Lipinski definition) is 12. The first-order chi connectivity index (χ1) is 24.8. The third kappa shape index (κ3) is 9.97. The molecule has 12 nitrogen and oxygen atoms in total. The van der Waals surface area contributed by atoms with E-state index in [0.29, 0.717) is 6.61 Å². The minimum absolute atomic E-state index is 0.115. The van der Waals surface area contributed by atoms with Crippen LogP contribution in [0.25, 0.3) is 0 Å². The number of esters is 3. The maximum Gasteiger partial charge on any atom is 0.340 e. The molecule has 0 bridgehead atoms. The zero-order chi connectivity index (χ0) is 38.0. The SMILES string of the molecule is COC(=O)[C@@]1(C(O)[C@@H]2C(C)[C@H](OC)OC(COCc3ccccc3)[C@@H]2OCc2ccccc2)C[C@@H](C)[C@@H](C)C([C@H](C)[C@@H](COC(C)=O)OC(C)=O)O1. The molecule has 2 aromatic carbocycles.